The van der Waals surface area contributed by atoms with Gasteiger partial charge in [0.1, 0.15) is 10.8 Å². The van der Waals surface area contributed by atoms with E-state index in [1.54, 1.807) is 0 Å². The molecule has 0 amide bonds. The Bertz CT molecular complexity index is 863. The van der Waals surface area contributed by atoms with Gasteiger partial charge in [-0.25, -0.2) is 0 Å². The molecule has 1 aromatic heterocycles. The first-order chi connectivity index (χ1) is 13.3. The average molecular weight is 457 g/mol. The molecule has 0 radical (unpaired) electrons. The molecular formula is C24H32Cl3NO. The highest BCUT2D eigenvalue weighted by atomic mass is 35.5. The number of Topliss-reactive ketones (excluding diaryl/α,β-unsaturated/α-hetero) is 1. The van der Waals surface area contributed by atoms with E-state index in [0.29, 0.717) is 12.8 Å². The monoisotopic (exact) mass is 455 g/mol. The predicted molar refractivity (Wildman–Crippen MR) is 126 cm³/mol. The van der Waals surface area contributed by atoms with Crippen LogP contribution in [0.4, 0.5) is 0 Å². The summed E-state index contributed by atoms with van der Waals surface area (Å²) in [6.45, 7) is 15.8. The van der Waals surface area contributed by atoms with E-state index in [4.69, 9.17) is 34.8 Å². The maximum atomic E-state index is 12.7. The SMILES string of the molecule is CCCc1c(C(C)(C)C)cc(CCC(=O)c2[nH]c(Cl)c(Cl)c2Cl)cc1C(C)(C)C. The molecule has 5 heteroatoms. The molecule has 160 valence electrons. The molecule has 2 aromatic rings. The second-order valence-electron chi connectivity index (χ2n) is 9.78. The number of rotatable bonds is 6. The van der Waals surface area contributed by atoms with Crippen molar-refractivity contribution in [3.63, 3.8) is 0 Å². The van der Waals surface area contributed by atoms with E-state index in [9.17, 15) is 4.79 Å². The van der Waals surface area contributed by atoms with E-state index in [2.05, 4.69) is 65.6 Å². The van der Waals surface area contributed by atoms with E-state index < -0.39 is 0 Å². The predicted octanol–water partition coefficient (Wildman–Crippen LogP) is 8.34. The zero-order chi connectivity index (χ0) is 22.1. The summed E-state index contributed by atoms with van der Waals surface area (Å²) in [6, 6.07) is 4.56. The number of carbonyl (C=O) groups excluding carboxylic acids is 1. The van der Waals surface area contributed by atoms with Gasteiger partial charge in [0.15, 0.2) is 5.78 Å². The zero-order valence-electron chi connectivity index (χ0n) is 18.5. The van der Waals surface area contributed by atoms with E-state index in [-0.39, 0.29) is 37.5 Å². The van der Waals surface area contributed by atoms with Crippen molar-refractivity contribution in [2.75, 3.05) is 0 Å². The van der Waals surface area contributed by atoms with Crippen molar-refractivity contribution >= 4 is 40.6 Å². The van der Waals surface area contributed by atoms with Gasteiger partial charge in [-0.2, -0.15) is 0 Å². The summed E-state index contributed by atoms with van der Waals surface area (Å²) in [5, 5.41) is 0.602. The van der Waals surface area contributed by atoms with Crippen molar-refractivity contribution in [3.05, 3.63) is 55.3 Å². The minimum atomic E-state index is -0.0870. The Morgan fingerprint density at radius 2 is 1.41 bits per heavy atom. The molecule has 0 bridgehead atoms. The first-order valence-corrected chi connectivity index (χ1v) is 11.3. The Morgan fingerprint density at radius 1 is 0.897 bits per heavy atom. The van der Waals surface area contributed by atoms with E-state index in [0.717, 1.165) is 12.8 Å². The van der Waals surface area contributed by atoms with Crippen molar-refractivity contribution in [1.29, 1.82) is 0 Å². The number of aromatic amines is 1. The van der Waals surface area contributed by atoms with Crippen molar-refractivity contribution in [2.24, 2.45) is 0 Å². The van der Waals surface area contributed by atoms with Crippen LogP contribution in [-0.2, 0) is 23.7 Å². The van der Waals surface area contributed by atoms with Crippen molar-refractivity contribution in [2.45, 2.75) is 85.0 Å². The highest BCUT2D eigenvalue weighted by molar-refractivity contribution is 6.49. The number of halogens is 3. The van der Waals surface area contributed by atoms with Crippen molar-refractivity contribution < 1.29 is 4.79 Å². The van der Waals surface area contributed by atoms with Gasteiger partial charge in [0, 0.05) is 6.42 Å². The second-order valence-corrected chi connectivity index (χ2v) is 10.9. The molecule has 1 N–H and O–H groups in total. The standard InChI is InChI=1S/C24H32Cl3NO/c1-8-9-15-16(23(2,3)4)12-14(13-17(15)24(5,6)7)10-11-18(29)21-19(25)20(26)22(27)28-21/h12-13,28H,8-11H2,1-7H3. The normalized spacial score (nSPS) is 12.5. The van der Waals surface area contributed by atoms with E-state index in [1.165, 1.54) is 22.3 Å². The molecule has 0 saturated heterocycles. The molecule has 0 aliphatic heterocycles. The van der Waals surface area contributed by atoms with E-state index >= 15 is 0 Å². The van der Waals surface area contributed by atoms with Crippen LogP contribution in [0.25, 0.3) is 0 Å². The summed E-state index contributed by atoms with van der Waals surface area (Å²) in [5.74, 6) is -0.0870. The van der Waals surface area contributed by atoms with Crippen LogP contribution in [0.5, 0.6) is 0 Å². The molecule has 1 aromatic carbocycles. The Kier molecular flexibility index (Phi) is 7.58. The highest BCUT2D eigenvalue weighted by Crippen LogP contribution is 2.37. The summed E-state index contributed by atoms with van der Waals surface area (Å²) in [7, 11) is 0. The molecule has 0 saturated carbocycles. The molecule has 0 fully saturated rings. The summed E-state index contributed by atoms with van der Waals surface area (Å²) >= 11 is 18.1. The first kappa shape index (κ1) is 24.3. The fourth-order valence-electron chi connectivity index (χ4n) is 3.73. The van der Waals surface area contributed by atoms with E-state index in [1.807, 2.05) is 0 Å². The minimum absolute atomic E-state index is 0.0360. The fourth-order valence-corrected chi connectivity index (χ4v) is 4.36. The van der Waals surface area contributed by atoms with Gasteiger partial charge in [-0.3, -0.25) is 4.79 Å². The van der Waals surface area contributed by atoms with Gasteiger partial charge >= 0.3 is 0 Å². The van der Waals surface area contributed by atoms with Crippen molar-refractivity contribution in [3.8, 4) is 0 Å². The molecule has 0 atom stereocenters. The third-order valence-electron chi connectivity index (χ3n) is 5.18. The van der Waals surface area contributed by atoms with Crippen LogP contribution in [-0.4, -0.2) is 10.8 Å². The summed E-state index contributed by atoms with van der Waals surface area (Å²) in [4.78, 5) is 15.5. The maximum absolute atomic E-state index is 12.7. The largest absolute Gasteiger partial charge is 0.341 e. The lowest BCUT2D eigenvalue weighted by Crippen LogP contribution is -2.22. The van der Waals surface area contributed by atoms with Gasteiger partial charge in [-0.15, -0.1) is 0 Å². The summed E-state index contributed by atoms with van der Waals surface area (Å²) < 4.78 is 0. The highest BCUT2D eigenvalue weighted by Gasteiger charge is 2.26. The lowest BCUT2D eigenvalue weighted by molar-refractivity contribution is 0.0979. The second kappa shape index (κ2) is 9.04. The Labute approximate surface area is 190 Å². The third-order valence-corrected chi connectivity index (χ3v) is 6.42. The molecule has 2 rings (SSSR count). The molecule has 1 heterocycles. The number of ketones is 1. The van der Waals surface area contributed by atoms with Crippen molar-refractivity contribution in [1.82, 2.24) is 4.98 Å². The number of H-pyrrole nitrogens is 1. The van der Waals surface area contributed by atoms with Crippen LogP contribution in [0.1, 0.15) is 94.1 Å². The number of hydrogen-bond donors (Lipinski definition) is 1. The van der Waals surface area contributed by atoms with Gasteiger partial charge in [0.05, 0.1) is 10.0 Å². The number of hydrogen-bond acceptors (Lipinski definition) is 1. The van der Waals surface area contributed by atoms with Crippen LogP contribution >= 0.6 is 34.8 Å². The van der Waals surface area contributed by atoms with Crippen LogP contribution in [0.3, 0.4) is 0 Å². The molecule has 2 nitrogen and oxygen atoms in total. The average Bonchev–Trinajstić information content (AvgIpc) is 2.86. The van der Waals surface area contributed by atoms with Crippen LogP contribution < -0.4 is 0 Å². The molecule has 0 unspecified atom stereocenters. The number of aromatic nitrogens is 1. The Hall–Kier alpha value is -0.960. The smallest absolute Gasteiger partial charge is 0.180 e. The maximum Gasteiger partial charge on any atom is 0.180 e. The lowest BCUT2D eigenvalue weighted by atomic mass is 9.74. The topological polar surface area (TPSA) is 32.9 Å². The molecule has 0 aliphatic carbocycles. The number of aryl methyl sites for hydroxylation is 1. The quantitative estimate of drug-likeness (QED) is 0.435. The number of nitrogens with one attached hydrogen (secondary N) is 1. The summed E-state index contributed by atoms with van der Waals surface area (Å²) in [5.41, 5.74) is 5.73. The third kappa shape index (κ3) is 5.60. The molecule has 0 spiro atoms. The molecule has 0 aliphatic rings. The number of benzene rings is 1. The Morgan fingerprint density at radius 3 is 1.79 bits per heavy atom. The van der Waals surface area contributed by atoms with Gasteiger partial charge in [-0.1, -0.05) is 102 Å². The van der Waals surface area contributed by atoms with Gasteiger partial charge in [0.25, 0.3) is 0 Å². The fraction of sp³-hybridized carbons (Fsp3) is 0.542. The van der Waals surface area contributed by atoms with Crippen LogP contribution in [0.15, 0.2) is 12.1 Å². The first-order valence-electron chi connectivity index (χ1n) is 10.2. The zero-order valence-corrected chi connectivity index (χ0v) is 20.8. The molecule has 29 heavy (non-hydrogen) atoms. The van der Waals surface area contributed by atoms with Crippen LogP contribution in [0.2, 0.25) is 15.2 Å². The summed E-state index contributed by atoms with van der Waals surface area (Å²) in [6.07, 6.45) is 3.15. The van der Waals surface area contributed by atoms with Gasteiger partial charge in [0.2, 0.25) is 0 Å². The number of carbonyl (C=O) groups is 1. The van der Waals surface area contributed by atoms with Crippen LogP contribution in [0, 0.1) is 0 Å². The Balaban J connectivity index is 2.42. The minimum Gasteiger partial charge on any atom is -0.341 e. The molecular weight excluding hydrogens is 425 g/mol. The van der Waals surface area contributed by atoms with Gasteiger partial charge in [-0.05, 0) is 45.9 Å². The lowest BCUT2D eigenvalue weighted by Gasteiger charge is -2.31. The van der Waals surface area contributed by atoms with Gasteiger partial charge < -0.3 is 4.98 Å².